The van der Waals surface area contributed by atoms with Crippen molar-refractivity contribution in [1.82, 2.24) is 0 Å². The largest absolute Gasteiger partial charge is 0.393 e. The van der Waals surface area contributed by atoms with E-state index in [0.717, 1.165) is 50.9 Å². The molecule has 0 aromatic heterocycles. The van der Waals surface area contributed by atoms with E-state index in [2.05, 4.69) is 26.5 Å². The summed E-state index contributed by atoms with van der Waals surface area (Å²) in [5.74, 6) is 2.10. The summed E-state index contributed by atoms with van der Waals surface area (Å²) in [6.07, 6.45) is 13.6. The van der Waals surface area contributed by atoms with Crippen molar-refractivity contribution in [2.45, 2.75) is 83.3 Å². The lowest BCUT2D eigenvalue weighted by atomic mass is 9.47. The first kappa shape index (κ1) is 16.8. The van der Waals surface area contributed by atoms with Gasteiger partial charge in [-0.1, -0.05) is 31.6 Å². The van der Waals surface area contributed by atoms with E-state index in [1.807, 2.05) is 6.08 Å². The van der Waals surface area contributed by atoms with Crippen molar-refractivity contribution in [2.75, 3.05) is 0 Å². The zero-order chi connectivity index (χ0) is 17.2. The van der Waals surface area contributed by atoms with Crippen molar-refractivity contribution in [2.24, 2.45) is 28.6 Å². The van der Waals surface area contributed by atoms with Crippen LogP contribution in [-0.2, 0) is 0 Å². The van der Waals surface area contributed by atoms with Crippen LogP contribution in [0.25, 0.3) is 0 Å². The minimum Gasteiger partial charge on any atom is -0.393 e. The summed E-state index contributed by atoms with van der Waals surface area (Å²) in [6.45, 7) is 8.72. The van der Waals surface area contributed by atoms with Crippen LogP contribution in [0.1, 0.15) is 71.6 Å². The fourth-order valence-electron chi connectivity index (χ4n) is 7.33. The highest BCUT2D eigenvalue weighted by Gasteiger charge is 2.63. The Morgan fingerprint density at radius 1 is 1.17 bits per heavy atom. The molecule has 0 heterocycles. The molecule has 2 heteroatoms. The molecular formula is C22H34O2. The van der Waals surface area contributed by atoms with Gasteiger partial charge < -0.3 is 10.2 Å². The van der Waals surface area contributed by atoms with E-state index in [0.29, 0.717) is 17.3 Å². The Hall–Kier alpha value is -0.600. The lowest BCUT2D eigenvalue weighted by Gasteiger charge is -2.59. The lowest BCUT2D eigenvalue weighted by molar-refractivity contribution is -0.122. The number of aliphatic hydroxyl groups is 2. The molecule has 4 aliphatic carbocycles. The Labute approximate surface area is 147 Å². The predicted octanol–water partition coefficient (Wildman–Crippen LogP) is 4.62. The minimum absolute atomic E-state index is 0.0538. The molecule has 0 spiro atoms. The first-order valence-electron chi connectivity index (χ1n) is 10.0. The van der Waals surface area contributed by atoms with Crippen LogP contribution in [0.15, 0.2) is 24.3 Å². The van der Waals surface area contributed by atoms with E-state index >= 15 is 0 Å². The summed E-state index contributed by atoms with van der Waals surface area (Å²) >= 11 is 0. The summed E-state index contributed by atoms with van der Waals surface area (Å²) < 4.78 is 0. The van der Waals surface area contributed by atoms with Crippen LogP contribution in [0.2, 0.25) is 0 Å². The maximum atomic E-state index is 11.3. The smallest absolute Gasteiger partial charge is 0.0738 e. The molecule has 0 saturated heterocycles. The molecule has 2 N–H and O–H groups in total. The van der Waals surface area contributed by atoms with E-state index < -0.39 is 5.60 Å². The van der Waals surface area contributed by atoms with Gasteiger partial charge in [-0.3, -0.25) is 0 Å². The number of aliphatic hydroxyl groups excluding tert-OH is 1. The van der Waals surface area contributed by atoms with Gasteiger partial charge in [-0.2, -0.15) is 0 Å². The maximum absolute atomic E-state index is 11.3. The third-order valence-corrected chi connectivity index (χ3v) is 8.88. The molecule has 4 aliphatic rings. The second-order valence-corrected chi connectivity index (χ2v) is 9.68. The number of allylic oxidation sites excluding steroid dienone is 1. The van der Waals surface area contributed by atoms with Crippen molar-refractivity contribution >= 4 is 0 Å². The average Bonchev–Trinajstić information content (AvgIpc) is 2.80. The molecule has 0 aromatic carbocycles. The van der Waals surface area contributed by atoms with Gasteiger partial charge in [0.05, 0.1) is 11.7 Å². The first-order valence-corrected chi connectivity index (χ1v) is 10.0. The van der Waals surface area contributed by atoms with Crippen LogP contribution >= 0.6 is 0 Å². The lowest BCUT2D eigenvalue weighted by Crippen LogP contribution is -2.54. The molecule has 0 radical (unpaired) electrons. The van der Waals surface area contributed by atoms with Gasteiger partial charge in [0.1, 0.15) is 0 Å². The van der Waals surface area contributed by atoms with Gasteiger partial charge in [-0.25, -0.2) is 0 Å². The highest BCUT2D eigenvalue weighted by molar-refractivity contribution is 5.26. The van der Waals surface area contributed by atoms with Gasteiger partial charge in [-0.15, -0.1) is 6.58 Å². The summed E-state index contributed by atoms with van der Waals surface area (Å²) in [5, 5.41) is 21.4. The SMILES string of the molecule is C=CC[C@]1(O)CCC2C3CC=C4C[C@@H](O)CC[C@]4(C)C3CC[C@@]21C. The molecule has 3 unspecified atom stereocenters. The van der Waals surface area contributed by atoms with E-state index in [1.54, 1.807) is 0 Å². The number of rotatable bonds is 2. The molecule has 3 fully saturated rings. The molecule has 0 aromatic rings. The quantitative estimate of drug-likeness (QED) is 0.725. The average molecular weight is 331 g/mol. The van der Waals surface area contributed by atoms with Crippen LogP contribution in [0.3, 0.4) is 0 Å². The standard InChI is InChI=1S/C22H34O2/c1-4-10-22(24)13-9-19-17-6-5-15-14-16(23)7-11-20(15,2)18(17)8-12-21(19,22)3/h4-5,16-19,23-24H,1,6-14H2,2-3H3/t16-,17?,18?,19?,20-,21-,22-/m0/s1. The zero-order valence-corrected chi connectivity index (χ0v) is 15.4. The van der Waals surface area contributed by atoms with E-state index in [-0.39, 0.29) is 11.5 Å². The normalized spacial score (nSPS) is 53.6. The van der Waals surface area contributed by atoms with Crippen molar-refractivity contribution in [3.05, 3.63) is 24.3 Å². The molecule has 3 saturated carbocycles. The molecule has 0 aliphatic heterocycles. The Morgan fingerprint density at radius 3 is 2.67 bits per heavy atom. The number of hydrogen-bond acceptors (Lipinski definition) is 2. The Bertz CT molecular complexity index is 566. The van der Waals surface area contributed by atoms with E-state index in [9.17, 15) is 10.2 Å². The highest BCUT2D eigenvalue weighted by Crippen LogP contribution is 2.67. The van der Waals surface area contributed by atoms with Crippen LogP contribution in [-0.4, -0.2) is 21.9 Å². The molecular weight excluding hydrogens is 296 g/mol. The van der Waals surface area contributed by atoms with E-state index in [1.165, 1.54) is 18.4 Å². The zero-order valence-electron chi connectivity index (χ0n) is 15.4. The van der Waals surface area contributed by atoms with Crippen LogP contribution in [0.4, 0.5) is 0 Å². The van der Waals surface area contributed by atoms with E-state index in [4.69, 9.17) is 0 Å². The van der Waals surface area contributed by atoms with Crippen LogP contribution < -0.4 is 0 Å². The topological polar surface area (TPSA) is 40.5 Å². The second-order valence-electron chi connectivity index (χ2n) is 9.68. The van der Waals surface area contributed by atoms with Crippen LogP contribution in [0, 0.1) is 28.6 Å². The van der Waals surface area contributed by atoms with Crippen LogP contribution in [0.5, 0.6) is 0 Å². The molecule has 24 heavy (non-hydrogen) atoms. The summed E-state index contributed by atoms with van der Waals surface area (Å²) in [6, 6.07) is 0. The summed E-state index contributed by atoms with van der Waals surface area (Å²) in [5.41, 5.74) is 1.34. The van der Waals surface area contributed by atoms with Crippen molar-refractivity contribution in [3.63, 3.8) is 0 Å². The third-order valence-electron chi connectivity index (χ3n) is 8.88. The highest BCUT2D eigenvalue weighted by atomic mass is 16.3. The molecule has 7 atom stereocenters. The Kier molecular flexibility index (Phi) is 3.82. The van der Waals surface area contributed by atoms with Gasteiger partial charge >= 0.3 is 0 Å². The number of hydrogen-bond donors (Lipinski definition) is 2. The first-order chi connectivity index (χ1) is 11.3. The van der Waals surface area contributed by atoms with Gasteiger partial charge in [0.2, 0.25) is 0 Å². The predicted molar refractivity (Wildman–Crippen MR) is 97.5 cm³/mol. The Morgan fingerprint density at radius 2 is 1.92 bits per heavy atom. The van der Waals surface area contributed by atoms with Gasteiger partial charge in [0, 0.05) is 0 Å². The third kappa shape index (κ3) is 2.08. The fraction of sp³-hybridized carbons (Fsp3) is 0.818. The molecule has 0 amide bonds. The molecule has 0 bridgehead atoms. The van der Waals surface area contributed by atoms with Crippen molar-refractivity contribution in [1.29, 1.82) is 0 Å². The van der Waals surface area contributed by atoms with Gasteiger partial charge in [0.25, 0.3) is 0 Å². The minimum atomic E-state index is -0.544. The summed E-state index contributed by atoms with van der Waals surface area (Å²) in [7, 11) is 0. The van der Waals surface area contributed by atoms with Gasteiger partial charge in [-0.05, 0) is 86.4 Å². The second kappa shape index (κ2) is 5.45. The molecule has 134 valence electrons. The van der Waals surface area contributed by atoms with Gasteiger partial charge in [0.15, 0.2) is 0 Å². The molecule has 2 nitrogen and oxygen atoms in total. The Balaban J connectivity index is 1.66. The maximum Gasteiger partial charge on any atom is 0.0738 e. The fourth-order valence-corrected chi connectivity index (χ4v) is 7.33. The van der Waals surface area contributed by atoms with Crippen molar-refractivity contribution < 1.29 is 10.2 Å². The number of fused-ring (bicyclic) bond motifs is 5. The summed E-state index contributed by atoms with van der Waals surface area (Å²) in [4.78, 5) is 0. The molecule has 4 rings (SSSR count). The van der Waals surface area contributed by atoms with Crippen molar-refractivity contribution in [3.8, 4) is 0 Å². The monoisotopic (exact) mass is 330 g/mol.